The van der Waals surface area contributed by atoms with E-state index in [4.69, 9.17) is 0 Å². The SMILES string of the molecule is C=C1C=CCC1=C. The van der Waals surface area contributed by atoms with Crippen molar-refractivity contribution in [3.05, 3.63) is 36.5 Å². The fraction of sp³-hybridized carbons (Fsp3) is 0.143. The van der Waals surface area contributed by atoms with E-state index in [1.54, 1.807) is 0 Å². The standard InChI is InChI=1S/C7H8/c1-6-4-3-5-7(6)2/h3-4H,1-2,5H2. The van der Waals surface area contributed by atoms with Gasteiger partial charge in [0, 0.05) is 0 Å². The first kappa shape index (κ1) is 4.38. The zero-order chi connectivity index (χ0) is 5.28. The Morgan fingerprint density at radius 2 is 2.14 bits per heavy atom. The average Bonchev–Trinajstić information content (AvgIpc) is 1.91. The topological polar surface area (TPSA) is 0 Å². The summed E-state index contributed by atoms with van der Waals surface area (Å²) < 4.78 is 0. The summed E-state index contributed by atoms with van der Waals surface area (Å²) in [5.74, 6) is 0. The van der Waals surface area contributed by atoms with Gasteiger partial charge in [-0.25, -0.2) is 0 Å². The Balaban J connectivity index is 2.81. The summed E-state index contributed by atoms with van der Waals surface area (Å²) in [6.45, 7) is 7.52. The van der Waals surface area contributed by atoms with Gasteiger partial charge in [-0.05, 0) is 17.6 Å². The molecule has 36 valence electrons. The van der Waals surface area contributed by atoms with Crippen LogP contribution in [0.2, 0.25) is 0 Å². The molecule has 0 aromatic carbocycles. The molecule has 0 aromatic heterocycles. The molecule has 0 nitrogen and oxygen atoms in total. The van der Waals surface area contributed by atoms with E-state index in [9.17, 15) is 0 Å². The molecule has 0 heterocycles. The Bertz CT molecular complexity index is 138. The Labute approximate surface area is 43.9 Å². The van der Waals surface area contributed by atoms with E-state index in [2.05, 4.69) is 19.2 Å². The van der Waals surface area contributed by atoms with Crippen LogP contribution in [0.1, 0.15) is 6.42 Å². The highest BCUT2D eigenvalue weighted by Gasteiger charge is 1.98. The molecule has 1 rings (SSSR count). The summed E-state index contributed by atoms with van der Waals surface area (Å²) in [4.78, 5) is 0. The van der Waals surface area contributed by atoms with Gasteiger partial charge in [0.25, 0.3) is 0 Å². The normalized spacial score (nSPS) is 18.9. The monoisotopic (exact) mass is 92.1 g/mol. The first-order valence-corrected chi connectivity index (χ1v) is 2.34. The predicted octanol–water partition coefficient (Wildman–Crippen LogP) is 2.06. The van der Waals surface area contributed by atoms with Gasteiger partial charge in [0.2, 0.25) is 0 Å². The third-order valence-corrected chi connectivity index (χ3v) is 1.14. The van der Waals surface area contributed by atoms with Crippen LogP contribution in [0.3, 0.4) is 0 Å². The van der Waals surface area contributed by atoms with E-state index in [0.717, 1.165) is 17.6 Å². The third kappa shape index (κ3) is 0.637. The smallest absolute Gasteiger partial charge is 0.00943 e. The zero-order valence-electron chi connectivity index (χ0n) is 4.28. The van der Waals surface area contributed by atoms with Crippen molar-refractivity contribution in [1.82, 2.24) is 0 Å². The average molecular weight is 92.1 g/mol. The van der Waals surface area contributed by atoms with E-state index >= 15 is 0 Å². The van der Waals surface area contributed by atoms with Crippen molar-refractivity contribution in [2.24, 2.45) is 0 Å². The van der Waals surface area contributed by atoms with Crippen LogP contribution in [0.5, 0.6) is 0 Å². The highest BCUT2D eigenvalue weighted by atomic mass is 14.0. The summed E-state index contributed by atoms with van der Waals surface area (Å²) in [6, 6.07) is 0. The lowest BCUT2D eigenvalue weighted by Gasteiger charge is -1.87. The molecule has 0 atom stereocenters. The van der Waals surface area contributed by atoms with E-state index < -0.39 is 0 Å². The minimum Gasteiger partial charge on any atom is -0.0949 e. The number of rotatable bonds is 0. The quantitative estimate of drug-likeness (QED) is 0.429. The Morgan fingerprint density at radius 3 is 2.29 bits per heavy atom. The first-order valence-electron chi connectivity index (χ1n) is 2.34. The molecule has 0 spiro atoms. The minimum absolute atomic E-state index is 0.999. The van der Waals surface area contributed by atoms with Gasteiger partial charge in [0.1, 0.15) is 0 Å². The molecular formula is C7H8. The van der Waals surface area contributed by atoms with E-state index in [1.165, 1.54) is 0 Å². The van der Waals surface area contributed by atoms with Crippen molar-refractivity contribution in [2.45, 2.75) is 6.42 Å². The minimum atomic E-state index is 0.999. The van der Waals surface area contributed by atoms with Crippen LogP contribution in [0, 0.1) is 0 Å². The molecule has 0 aliphatic heterocycles. The molecule has 0 aromatic rings. The third-order valence-electron chi connectivity index (χ3n) is 1.14. The molecule has 0 radical (unpaired) electrons. The molecule has 0 N–H and O–H groups in total. The van der Waals surface area contributed by atoms with Gasteiger partial charge in [0.15, 0.2) is 0 Å². The van der Waals surface area contributed by atoms with Crippen LogP contribution in [-0.4, -0.2) is 0 Å². The van der Waals surface area contributed by atoms with Crippen molar-refractivity contribution in [3.63, 3.8) is 0 Å². The largest absolute Gasteiger partial charge is 0.0949 e. The fourth-order valence-corrected chi connectivity index (χ4v) is 0.592. The number of hydrogen-bond acceptors (Lipinski definition) is 0. The van der Waals surface area contributed by atoms with Crippen LogP contribution >= 0.6 is 0 Å². The summed E-state index contributed by atoms with van der Waals surface area (Å²) in [6.07, 6.45) is 5.08. The Kier molecular flexibility index (Phi) is 0.861. The van der Waals surface area contributed by atoms with Crippen molar-refractivity contribution in [2.75, 3.05) is 0 Å². The zero-order valence-corrected chi connectivity index (χ0v) is 4.28. The molecule has 1 aliphatic rings. The summed E-state index contributed by atoms with van der Waals surface area (Å²) >= 11 is 0. The lowest BCUT2D eigenvalue weighted by atomic mass is 10.2. The van der Waals surface area contributed by atoms with Gasteiger partial charge in [-0.3, -0.25) is 0 Å². The van der Waals surface area contributed by atoms with Gasteiger partial charge in [-0.1, -0.05) is 25.3 Å². The molecule has 7 heavy (non-hydrogen) atoms. The van der Waals surface area contributed by atoms with Crippen LogP contribution in [0.15, 0.2) is 36.5 Å². The first-order chi connectivity index (χ1) is 3.30. The molecule has 0 unspecified atom stereocenters. The van der Waals surface area contributed by atoms with Gasteiger partial charge < -0.3 is 0 Å². The second-order valence-corrected chi connectivity index (χ2v) is 1.74. The molecule has 0 saturated heterocycles. The van der Waals surface area contributed by atoms with E-state index in [-0.39, 0.29) is 0 Å². The summed E-state index contributed by atoms with van der Waals surface area (Å²) in [7, 11) is 0. The van der Waals surface area contributed by atoms with Gasteiger partial charge in [-0.15, -0.1) is 0 Å². The van der Waals surface area contributed by atoms with Crippen LogP contribution in [-0.2, 0) is 0 Å². The molecule has 0 saturated carbocycles. The van der Waals surface area contributed by atoms with Crippen LogP contribution in [0.4, 0.5) is 0 Å². The number of allylic oxidation sites excluding steroid dienone is 4. The second-order valence-electron chi connectivity index (χ2n) is 1.74. The van der Waals surface area contributed by atoms with E-state index in [0.29, 0.717) is 0 Å². The van der Waals surface area contributed by atoms with Crippen molar-refractivity contribution in [3.8, 4) is 0 Å². The van der Waals surface area contributed by atoms with Crippen LogP contribution < -0.4 is 0 Å². The fourth-order valence-electron chi connectivity index (χ4n) is 0.592. The molecule has 0 bridgehead atoms. The van der Waals surface area contributed by atoms with Crippen molar-refractivity contribution in [1.29, 1.82) is 0 Å². The summed E-state index contributed by atoms with van der Waals surface area (Å²) in [5.41, 5.74) is 2.24. The maximum absolute atomic E-state index is 3.77. The molecule has 0 fully saturated rings. The number of hydrogen-bond donors (Lipinski definition) is 0. The maximum atomic E-state index is 3.77. The lowest BCUT2D eigenvalue weighted by Crippen LogP contribution is -1.68. The van der Waals surface area contributed by atoms with Gasteiger partial charge >= 0.3 is 0 Å². The van der Waals surface area contributed by atoms with Gasteiger partial charge in [-0.2, -0.15) is 0 Å². The summed E-state index contributed by atoms with van der Waals surface area (Å²) in [5, 5.41) is 0. The lowest BCUT2D eigenvalue weighted by molar-refractivity contribution is 1.34. The van der Waals surface area contributed by atoms with Crippen molar-refractivity contribution < 1.29 is 0 Å². The maximum Gasteiger partial charge on any atom is -0.00943 e. The Hall–Kier alpha value is -0.780. The molecule has 0 heteroatoms. The van der Waals surface area contributed by atoms with Gasteiger partial charge in [0.05, 0.1) is 0 Å². The highest BCUT2D eigenvalue weighted by molar-refractivity contribution is 5.42. The highest BCUT2D eigenvalue weighted by Crippen LogP contribution is 2.18. The molecule has 0 amide bonds. The van der Waals surface area contributed by atoms with Crippen molar-refractivity contribution >= 4 is 0 Å². The second kappa shape index (κ2) is 1.38. The van der Waals surface area contributed by atoms with E-state index in [1.807, 2.05) is 6.08 Å². The molecular weight excluding hydrogens is 84.1 g/mol. The van der Waals surface area contributed by atoms with Crippen LogP contribution in [0.25, 0.3) is 0 Å². The Morgan fingerprint density at radius 1 is 1.43 bits per heavy atom. The molecule has 1 aliphatic carbocycles. The predicted molar refractivity (Wildman–Crippen MR) is 32.0 cm³/mol.